The molecule has 0 heterocycles. The summed E-state index contributed by atoms with van der Waals surface area (Å²) in [5, 5.41) is 13.8. The largest absolute Gasteiger partial charge is 0.394 e. The monoisotopic (exact) mass is 275 g/mol. The average Bonchev–Trinajstić information content (AvgIpc) is 2.71. The van der Waals surface area contributed by atoms with E-state index in [0.29, 0.717) is 18.4 Å². The lowest BCUT2D eigenvalue weighted by atomic mass is 9.79. The number of fused-ring (bicyclic) bond motifs is 3. The number of aliphatic hydroxyl groups excluding tert-OH is 1. The molecule has 0 radical (unpaired) electrons. The first-order valence-corrected chi connectivity index (χ1v) is 7.72. The second kappa shape index (κ2) is 5.84. The van der Waals surface area contributed by atoms with Crippen LogP contribution in [-0.4, -0.2) is 37.5 Å². The number of rotatable bonds is 5. The third-order valence-corrected chi connectivity index (χ3v) is 5.39. The Labute approximate surface area is 121 Å². The van der Waals surface area contributed by atoms with Crippen LogP contribution in [0.2, 0.25) is 0 Å². The van der Waals surface area contributed by atoms with Gasteiger partial charge in [0.2, 0.25) is 0 Å². The second-order valence-corrected chi connectivity index (χ2v) is 6.27. The van der Waals surface area contributed by atoms with Crippen LogP contribution in [0, 0.1) is 11.8 Å². The highest BCUT2D eigenvalue weighted by Gasteiger charge is 2.50. The van der Waals surface area contributed by atoms with Crippen LogP contribution in [0.15, 0.2) is 24.3 Å². The molecular formula is C17H25NO2. The summed E-state index contributed by atoms with van der Waals surface area (Å²) in [6.45, 7) is 1.76. The zero-order valence-electron chi connectivity index (χ0n) is 12.3. The third-order valence-electron chi connectivity index (χ3n) is 5.39. The zero-order chi connectivity index (χ0) is 14.0. The molecule has 1 fully saturated rings. The molecule has 2 atom stereocenters. The molecule has 3 heteroatoms. The summed E-state index contributed by atoms with van der Waals surface area (Å²) in [5.41, 5.74) is 2.84. The van der Waals surface area contributed by atoms with Crippen molar-refractivity contribution in [2.45, 2.75) is 31.2 Å². The highest BCUT2D eigenvalue weighted by molar-refractivity contribution is 5.32. The van der Waals surface area contributed by atoms with Gasteiger partial charge >= 0.3 is 0 Å². The fraction of sp³-hybridized carbons (Fsp3) is 0.647. The maximum Gasteiger partial charge on any atom is 0.0619 e. The van der Waals surface area contributed by atoms with Crippen LogP contribution in [0.1, 0.15) is 24.0 Å². The van der Waals surface area contributed by atoms with Crippen molar-refractivity contribution >= 4 is 0 Å². The Balaban J connectivity index is 1.86. The molecule has 0 aliphatic heterocycles. The lowest BCUT2D eigenvalue weighted by Gasteiger charge is -2.38. The number of hydrogen-bond acceptors (Lipinski definition) is 3. The second-order valence-electron chi connectivity index (χ2n) is 6.27. The Morgan fingerprint density at radius 3 is 2.30 bits per heavy atom. The van der Waals surface area contributed by atoms with Crippen molar-refractivity contribution in [3.05, 3.63) is 35.4 Å². The summed E-state index contributed by atoms with van der Waals surface area (Å²) in [5.74, 6) is 1.08. The maximum atomic E-state index is 10.1. The van der Waals surface area contributed by atoms with Gasteiger partial charge in [-0.3, -0.25) is 0 Å². The molecule has 0 amide bonds. The molecule has 3 nitrogen and oxygen atoms in total. The van der Waals surface area contributed by atoms with Crippen molar-refractivity contribution in [2.75, 3.05) is 26.9 Å². The highest BCUT2D eigenvalue weighted by Crippen LogP contribution is 2.46. The van der Waals surface area contributed by atoms with E-state index in [0.717, 1.165) is 19.4 Å². The molecule has 0 aromatic heterocycles. The van der Waals surface area contributed by atoms with Gasteiger partial charge in [0.15, 0.2) is 0 Å². The molecule has 3 rings (SSSR count). The van der Waals surface area contributed by atoms with Crippen LogP contribution in [0.25, 0.3) is 0 Å². The topological polar surface area (TPSA) is 41.5 Å². The molecule has 1 aromatic carbocycles. The molecule has 2 N–H and O–H groups in total. The smallest absolute Gasteiger partial charge is 0.0619 e. The lowest BCUT2D eigenvalue weighted by molar-refractivity contribution is 0.0789. The summed E-state index contributed by atoms with van der Waals surface area (Å²) in [6.07, 6.45) is 4.62. The van der Waals surface area contributed by atoms with E-state index in [4.69, 9.17) is 4.74 Å². The van der Waals surface area contributed by atoms with Gasteiger partial charge in [-0.15, -0.1) is 0 Å². The quantitative estimate of drug-likeness (QED) is 0.805. The first-order valence-electron chi connectivity index (χ1n) is 7.72. The minimum Gasteiger partial charge on any atom is -0.394 e. The molecule has 0 spiro atoms. The normalized spacial score (nSPS) is 31.9. The van der Waals surface area contributed by atoms with Gasteiger partial charge in [-0.25, -0.2) is 0 Å². The number of hydrogen-bond donors (Lipinski definition) is 2. The van der Waals surface area contributed by atoms with E-state index in [1.54, 1.807) is 7.11 Å². The molecule has 1 aromatic rings. The summed E-state index contributed by atoms with van der Waals surface area (Å²) in [4.78, 5) is 0. The van der Waals surface area contributed by atoms with Crippen LogP contribution in [-0.2, 0) is 17.6 Å². The molecule has 0 saturated heterocycles. The number of benzene rings is 1. The van der Waals surface area contributed by atoms with E-state index in [-0.39, 0.29) is 12.1 Å². The Morgan fingerprint density at radius 2 is 1.80 bits per heavy atom. The van der Waals surface area contributed by atoms with Crippen LogP contribution in [0.3, 0.4) is 0 Å². The third kappa shape index (κ3) is 2.28. The van der Waals surface area contributed by atoms with Gasteiger partial charge in [0.05, 0.1) is 13.2 Å². The van der Waals surface area contributed by atoms with Crippen molar-refractivity contribution in [1.29, 1.82) is 0 Å². The van der Waals surface area contributed by atoms with Crippen LogP contribution < -0.4 is 5.32 Å². The molecule has 1 saturated carbocycles. The number of nitrogens with one attached hydrogen (secondary N) is 1. The van der Waals surface area contributed by atoms with E-state index in [1.165, 1.54) is 24.0 Å². The van der Waals surface area contributed by atoms with Crippen LogP contribution in [0.4, 0.5) is 0 Å². The van der Waals surface area contributed by atoms with E-state index < -0.39 is 0 Å². The van der Waals surface area contributed by atoms with Crippen molar-refractivity contribution in [3.8, 4) is 0 Å². The van der Waals surface area contributed by atoms with Crippen LogP contribution >= 0.6 is 0 Å². The van der Waals surface area contributed by atoms with E-state index in [2.05, 4.69) is 29.6 Å². The molecule has 110 valence electrons. The number of ether oxygens (including phenoxy) is 1. The fourth-order valence-corrected chi connectivity index (χ4v) is 4.29. The van der Waals surface area contributed by atoms with Crippen molar-refractivity contribution < 1.29 is 9.84 Å². The number of aliphatic hydroxyl groups is 1. The first kappa shape index (κ1) is 14.1. The van der Waals surface area contributed by atoms with Crippen molar-refractivity contribution in [1.82, 2.24) is 5.32 Å². The van der Waals surface area contributed by atoms with Gasteiger partial charge < -0.3 is 15.2 Å². The van der Waals surface area contributed by atoms with E-state index >= 15 is 0 Å². The summed E-state index contributed by atoms with van der Waals surface area (Å²) < 4.78 is 5.16. The molecule has 20 heavy (non-hydrogen) atoms. The summed E-state index contributed by atoms with van der Waals surface area (Å²) in [6, 6.07) is 8.79. The SMILES string of the molecule is COCCNC1(CO)C2CCC1Cc1ccccc1C2. The average molecular weight is 275 g/mol. The molecule has 2 unspecified atom stereocenters. The summed E-state index contributed by atoms with van der Waals surface area (Å²) in [7, 11) is 1.73. The lowest BCUT2D eigenvalue weighted by Crippen LogP contribution is -2.57. The minimum absolute atomic E-state index is 0.114. The minimum atomic E-state index is -0.114. The maximum absolute atomic E-state index is 10.1. The fourth-order valence-electron chi connectivity index (χ4n) is 4.29. The van der Waals surface area contributed by atoms with Gasteiger partial charge in [-0.05, 0) is 48.6 Å². The molecule has 2 aliphatic carbocycles. The van der Waals surface area contributed by atoms with Gasteiger partial charge in [-0.2, -0.15) is 0 Å². The Hall–Kier alpha value is -0.900. The van der Waals surface area contributed by atoms with Crippen molar-refractivity contribution in [2.24, 2.45) is 11.8 Å². The molecule has 2 aliphatic rings. The number of methoxy groups -OCH3 is 1. The Kier molecular flexibility index (Phi) is 4.11. The highest BCUT2D eigenvalue weighted by atomic mass is 16.5. The van der Waals surface area contributed by atoms with Gasteiger partial charge in [0, 0.05) is 19.2 Å². The van der Waals surface area contributed by atoms with Gasteiger partial charge in [0.1, 0.15) is 0 Å². The van der Waals surface area contributed by atoms with Gasteiger partial charge in [0.25, 0.3) is 0 Å². The molecule has 2 bridgehead atoms. The van der Waals surface area contributed by atoms with Gasteiger partial charge in [-0.1, -0.05) is 24.3 Å². The standard InChI is InChI=1S/C17H25NO2/c1-20-9-8-18-17(12-19)15-6-7-16(17)11-14-5-3-2-4-13(14)10-15/h2-5,15-16,18-19H,6-12H2,1H3. The zero-order valence-corrected chi connectivity index (χ0v) is 12.3. The van der Waals surface area contributed by atoms with Crippen molar-refractivity contribution in [3.63, 3.8) is 0 Å². The Morgan fingerprint density at radius 1 is 1.20 bits per heavy atom. The Bertz CT molecular complexity index is 427. The predicted octanol–water partition coefficient (Wildman–Crippen LogP) is 1.78. The van der Waals surface area contributed by atoms with E-state index in [1.807, 2.05) is 0 Å². The first-order chi connectivity index (χ1) is 9.80. The summed E-state index contributed by atoms with van der Waals surface area (Å²) >= 11 is 0. The predicted molar refractivity (Wildman–Crippen MR) is 79.8 cm³/mol. The van der Waals surface area contributed by atoms with E-state index in [9.17, 15) is 5.11 Å². The van der Waals surface area contributed by atoms with Crippen LogP contribution in [0.5, 0.6) is 0 Å². The molecular weight excluding hydrogens is 250 g/mol.